The summed E-state index contributed by atoms with van der Waals surface area (Å²) in [6.45, 7) is 4.70. The Balaban J connectivity index is 1.40. The molecule has 1 aromatic heterocycles. The van der Waals surface area contributed by atoms with Crippen LogP contribution in [0.3, 0.4) is 0 Å². The second-order valence-corrected chi connectivity index (χ2v) is 10.4. The van der Waals surface area contributed by atoms with Crippen molar-refractivity contribution in [2.24, 2.45) is 4.99 Å². The fourth-order valence-corrected chi connectivity index (χ4v) is 5.78. The summed E-state index contributed by atoms with van der Waals surface area (Å²) >= 11 is 1.40. The highest BCUT2D eigenvalue weighted by Crippen LogP contribution is 2.37. The first kappa shape index (κ1) is 22.2. The average Bonchev–Trinajstić information content (AvgIpc) is 3.40. The van der Waals surface area contributed by atoms with Crippen molar-refractivity contribution in [2.75, 3.05) is 11.5 Å². The molecule has 34 heavy (non-hydrogen) atoms. The van der Waals surface area contributed by atoms with Crippen LogP contribution in [0.4, 0.5) is 5.69 Å². The molecule has 3 aromatic carbocycles. The zero-order chi connectivity index (χ0) is 23.9. The largest absolute Gasteiger partial charge is 0.454 e. The van der Waals surface area contributed by atoms with Gasteiger partial charge in [-0.1, -0.05) is 29.0 Å². The number of ether oxygens (including phenoxy) is 2. The lowest BCUT2D eigenvalue weighted by molar-refractivity contribution is 0.0998. The van der Waals surface area contributed by atoms with Gasteiger partial charge in [0.2, 0.25) is 6.79 Å². The topological polar surface area (TPSA) is 99.0 Å². The lowest BCUT2D eigenvalue weighted by Crippen LogP contribution is -2.16. The van der Waals surface area contributed by atoms with Crippen LogP contribution in [-0.4, -0.2) is 25.7 Å². The maximum atomic E-state index is 12.8. The van der Waals surface area contributed by atoms with E-state index in [4.69, 9.17) is 9.47 Å². The Labute approximate surface area is 200 Å². The van der Waals surface area contributed by atoms with Gasteiger partial charge in [-0.05, 0) is 50.2 Å². The first-order valence-corrected chi connectivity index (χ1v) is 12.9. The van der Waals surface area contributed by atoms with Crippen molar-refractivity contribution in [1.29, 1.82) is 0 Å². The van der Waals surface area contributed by atoms with E-state index in [9.17, 15) is 13.2 Å². The highest BCUT2D eigenvalue weighted by Gasteiger charge is 2.18. The van der Waals surface area contributed by atoms with E-state index >= 15 is 0 Å². The van der Waals surface area contributed by atoms with Gasteiger partial charge in [0.15, 0.2) is 16.3 Å². The fraction of sp³-hybridized carbons (Fsp3) is 0.167. The van der Waals surface area contributed by atoms with Gasteiger partial charge in [0, 0.05) is 29.9 Å². The third-order valence-corrected chi connectivity index (χ3v) is 7.84. The second kappa shape index (κ2) is 8.62. The average molecular weight is 496 g/mol. The zero-order valence-corrected chi connectivity index (χ0v) is 20.1. The van der Waals surface area contributed by atoms with Gasteiger partial charge in [-0.15, -0.1) is 0 Å². The number of hydrogen-bond donors (Lipinski definition) is 1. The van der Waals surface area contributed by atoms with Crippen LogP contribution in [0.1, 0.15) is 22.8 Å². The summed E-state index contributed by atoms with van der Waals surface area (Å²) in [7, 11) is -3.72. The molecule has 0 radical (unpaired) electrons. The predicted octanol–water partition coefficient (Wildman–Crippen LogP) is 4.30. The summed E-state index contributed by atoms with van der Waals surface area (Å²) in [6, 6.07) is 16.6. The number of aromatic nitrogens is 1. The van der Waals surface area contributed by atoms with Crippen LogP contribution >= 0.6 is 11.3 Å². The minimum Gasteiger partial charge on any atom is -0.454 e. The molecule has 0 unspecified atom stereocenters. The molecule has 1 aliphatic heterocycles. The Morgan fingerprint density at radius 2 is 1.74 bits per heavy atom. The number of aryl methyl sites for hydroxylation is 2. The minimum absolute atomic E-state index is 0.170. The normalized spacial score (nSPS) is 13.4. The number of benzene rings is 3. The standard InChI is InChI=1S/C24H21N3O5S2/c1-3-27-19-12-20-21(32-14-31-20)13-22(19)33-24(27)25-23(28)16-6-8-17(9-7-16)26-34(29,30)18-10-4-15(2)5-11-18/h4-13,26H,3,14H2,1-2H3. The maximum Gasteiger partial charge on any atom is 0.279 e. The Morgan fingerprint density at radius 3 is 2.41 bits per heavy atom. The van der Waals surface area contributed by atoms with E-state index in [1.807, 2.05) is 30.5 Å². The number of carbonyl (C=O) groups is 1. The Kier molecular flexibility index (Phi) is 5.62. The van der Waals surface area contributed by atoms with E-state index in [2.05, 4.69) is 9.71 Å². The van der Waals surface area contributed by atoms with Crippen LogP contribution < -0.4 is 19.0 Å². The van der Waals surface area contributed by atoms with E-state index in [0.717, 1.165) is 15.8 Å². The van der Waals surface area contributed by atoms with Crippen LogP contribution in [0.15, 0.2) is 70.6 Å². The highest BCUT2D eigenvalue weighted by atomic mass is 32.2. The lowest BCUT2D eigenvalue weighted by Gasteiger charge is -2.08. The Bertz CT molecular complexity index is 1570. The number of amides is 1. The van der Waals surface area contributed by atoms with E-state index in [1.54, 1.807) is 48.5 Å². The van der Waals surface area contributed by atoms with Crippen molar-refractivity contribution in [2.45, 2.75) is 25.3 Å². The molecule has 0 saturated carbocycles. The van der Waals surface area contributed by atoms with Gasteiger partial charge in [0.25, 0.3) is 15.9 Å². The lowest BCUT2D eigenvalue weighted by atomic mass is 10.2. The molecule has 5 rings (SSSR count). The molecule has 0 saturated heterocycles. The van der Waals surface area contributed by atoms with Crippen molar-refractivity contribution in [1.82, 2.24) is 4.57 Å². The first-order valence-electron chi connectivity index (χ1n) is 10.6. The Hall–Kier alpha value is -3.63. The quantitative estimate of drug-likeness (QED) is 0.445. The molecule has 0 fully saturated rings. The SMILES string of the molecule is CCn1c(=NC(=O)c2ccc(NS(=O)(=O)c3ccc(C)cc3)cc2)sc2cc3c(cc21)OCO3. The van der Waals surface area contributed by atoms with Crippen molar-refractivity contribution in [3.05, 3.63) is 76.6 Å². The van der Waals surface area contributed by atoms with Gasteiger partial charge >= 0.3 is 0 Å². The van der Waals surface area contributed by atoms with Crippen LogP contribution in [0, 0.1) is 6.92 Å². The van der Waals surface area contributed by atoms with E-state index in [-0.39, 0.29) is 11.7 Å². The van der Waals surface area contributed by atoms with Crippen molar-refractivity contribution >= 4 is 43.2 Å². The van der Waals surface area contributed by atoms with Crippen molar-refractivity contribution in [3.8, 4) is 11.5 Å². The molecular formula is C24H21N3O5S2. The maximum absolute atomic E-state index is 12.8. The van der Waals surface area contributed by atoms with Crippen molar-refractivity contribution < 1.29 is 22.7 Å². The number of nitrogens with one attached hydrogen (secondary N) is 1. The van der Waals surface area contributed by atoms with Gasteiger partial charge in [0.1, 0.15) is 0 Å². The highest BCUT2D eigenvalue weighted by molar-refractivity contribution is 7.92. The molecule has 8 nitrogen and oxygen atoms in total. The summed E-state index contributed by atoms with van der Waals surface area (Å²) in [6.07, 6.45) is 0. The fourth-order valence-electron chi connectivity index (χ4n) is 3.61. The smallest absolute Gasteiger partial charge is 0.279 e. The molecule has 1 N–H and O–H groups in total. The third-order valence-electron chi connectivity index (χ3n) is 5.41. The summed E-state index contributed by atoms with van der Waals surface area (Å²) in [5.41, 5.74) is 2.60. The molecule has 10 heteroatoms. The molecular weight excluding hydrogens is 474 g/mol. The van der Waals surface area contributed by atoms with Gasteiger partial charge in [-0.2, -0.15) is 4.99 Å². The molecule has 1 amide bonds. The zero-order valence-electron chi connectivity index (χ0n) is 18.4. The number of sulfonamides is 1. The van der Waals surface area contributed by atoms with Gasteiger partial charge < -0.3 is 14.0 Å². The molecule has 0 bridgehead atoms. The predicted molar refractivity (Wildman–Crippen MR) is 130 cm³/mol. The number of thiazole rings is 1. The number of carbonyl (C=O) groups excluding carboxylic acids is 1. The molecule has 174 valence electrons. The van der Waals surface area contributed by atoms with Crippen molar-refractivity contribution in [3.63, 3.8) is 0 Å². The summed E-state index contributed by atoms with van der Waals surface area (Å²) in [5.74, 6) is 0.939. The summed E-state index contributed by atoms with van der Waals surface area (Å²) in [4.78, 5) is 17.9. The number of hydrogen-bond acceptors (Lipinski definition) is 6. The first-order chi connectivity index (χ1) is 16.3. The van der Waals surface area contributed by atoms with E-state index in [0.29, 0.717) is 34.1 Å². The van der Waals surface area contributed by atoms with Crippen LogP contribution in [0.25, 0.3) is 10.2 Å². The molecule has 2 heterocycles. The molecule has 1 aliphatic rings. The number of fused-ring (bicyclic) bond motifs is 2. The molecule has 0 spiro atoms. The molecule has 0 atom stereocenters. The number of nitrogens with zero attached hydrogens (tertiary/aromatic N) is 2. The van der Waals surface area contributed by atoms with Crippen LogP contribution in [-0.2, 0) is 16.6 Å². The summed E-state index contributed by atoms with van der Waals surface area (Å²) in [5, 5.41) is 0. The van der Waals surface area contributed by atoms with Gasteiger partial charge in [-0.25, -0.2) is 8.42 Å². The molecule has 4 aromatic rings. The minimum atomic E-state index is -3.72. The second-order valence-electron chi connectivity index (χ2n) is 7.71. The monoisotopic (exact) mass is 495 g/mol. The van der Waals surface area contributed by atoms with Gasteiger partial charge in [0.05, 0.1) is 15.1 Å². The summed E-state index contributed by atoms with van der Waals surface area (Å²) < 4.78 is 41.5. The number of anilines is 1. The third kappa shape index (κ3) is 4.17. The van der Waals surface area contributed by atoms with E-state index < -0.39 is 15.9 Å². The van der Waals surface area contributed by atoms with Crippen LogP contribution in [0.5, 0.6) is 11.5 Å². The molecule has 0 aliphatic carbocycles. The van der Waals surface area contributed by atoms with Gasteiger partial charge in [-0.3, -0.25) is 9.52 Å². The Morgan fingerprint density at radius 1 is 1.06 bits per heavy atom. The van der Waals surface area contributed by atoms with E-state index in [1.165, 1.54) is 11.3 Å². The van der Waals surface area contributed by atoms with Crippen LogP contribution in [0.2, 0.25) is 0 Å². The number of rotatable bonds is 5.